The second kappa shape index (κ2) is 9.75. The first-order chi connectivity index (χ1) is 21.2. The largest absolute Gasteiger partial charge is 0.274 e. The zero-order valence-electron chi connectivity index (χ0n) is 24.0. The van der Waals surface area contributed by atoms with Gasteiger partial charge < -0.3 is 0 Å². The smallest absolute Gasteiger partial charge is 0.238 e. The van der Waals surface area contributed by atoms with E-state index in [0.717, 1.165) is 16.7 Å². The minimum Gasteiger partial charge on any atom is -0.274 e. The molecule has 1 saturated carbocycles. The van der Waals surface area contributed by atoms with Crippen LogP contribution in [0.15, 0.2) is 84.5 Å². The van der Waals surface area contributed by atoms with E-state index in [1.165, 1.54) is 9.80 Å². The summed E-state index contributed by atoms with van der Waals surface area (Å²) in [7, 11) is 0. The van der Waals surface area contributed by atoms with Gasteiger partial charge in [-0.2, -0.15) is 0 Å². The van der Waals surface area contributed by atoms with Crippen molar-refractivity contribution in [1.82, 2.24) is 0 Å². The Morgan fingerprint density at radius 1 is 0.614 bits per heavy atom. The maximum Gasteiger partial charge on any atom is 0.238 e. The van der Waals surface area contributed by atoms with Crippen LogP contribution in [-0.4, -0.2) is 23.6 Å². The lowest BCUT2D eigenvalue weighted by atomic mass is 9.49. The van der Waals surface area contributed by atoms with Gasteiger partial charge in [0.2, 0.25) is 23.6 Å². The first-order valence-electron chi connectivity index (χ1n) is 14.9. The van der Waals surface area contributed by atoms with Crippen LogP contribution < -0.4 is 9.80 Å². The highest BCUT2D eigenvalue weighted by Crippen LogP contribution is 2.63. The number of carbonyl (C=O) groups is 4. The average molecular weight is 624 g/mol. The molecule has 8 heteroatoms. The summed E-state index contributed by atoms with van der Waals surface area (Å²) in [5, 5.41) is 0.965. The molecule has 2 aliphatic heterocycles. The lowest BCUT2D eigenvalue weighted by Gasteiger charge is -2.51. The van der Waals surface area contributed by atoms with Gasteiger partial charge in [-0.05, 0) is 72.7 Å². The fraction of sp³-hybridized carbons (Fsp3) is 0.278. The van der Waals surface area contributed by atoms with Crippen molar-refractivity contribution in [3.05, 3.63) is 111 Å². The maximum absolute atomic E-state index is 14.4. The minimum absolute atomic E-state index is 0.241. The van der Waals surface area contributed by atoms with Crippen molar-refractivity contribution < 1.29 is 19.2 Å². The summed E-state index contributed by atoms with van der Waals surface area (Å²) in [4.78, 5) is 59.8. The zero-order valence-corrected chi connectivity index (χ0v) is 25.5. The molecule has 0 aromatic heterocycles. The number of fused-ring (bicyclic) bond motifs is 1. The Bertz CT molecular complexity index is 1880. The number of benzene rings is 3. The van der Waals surface area contributed by atoms with Gasteiger partial charge in [-0.1, -0.05) is 83.4 Å². The van der Waals surface area contributed by atoms with Crippen LogP contribution >= 0.6 is 23.2 Å². The summed E-state index contributed by atoms with van der Waals surface area (Å²) < 4.78 is 0. The standard InChI is InChI=1S/C36H28Cl2N2O4/c1-17-24(37)10-6-12-26(17)39-33(41)23-16-22(19-8-4-3-5-9-19)28-20-14-15-21(29(28)32(23)36(39)44)31-30(20)34(42)40(35(31)43)27-13-7-11-25(38)18(27)2/h3-15,20-21,23,29-32H,16H2,1-2H3/t20-,21+,23+,29-,30+,31-,32+/m0/s1. The number of carbonyl (C=O) groups excluding carboxylic acids is 4. The molecule has 0 radical (unpaired) electrons. The average Bonchev–Trinajstić information content (AvgIpc) is 3.45. The van der Waals surface area contributed by atoms with E-state index in [4.69, 9.17) is 23.2 Å². The predicted octanol–water partition coefficient (Wildman–Crippen LogP) is 6.81. The van der Waals surface area contributed by atoms with Gasteiger partial charge in [-0.3, -0.25) is 19.2 Å². The summed E-state index contributed by atoms with van der Waals surface area (Å²) in [5.74, 6) is -4.65. The Morgan fingerprint density at radius 3 is 1.82 bits per heavy atom. The van der Waals surface area contributed by atoms with E-state index < -0.39 is 35.5 Å². The van der Waals surface area contributed by atoms with Crippen molar-refractivity contribution in [2.45, 2.75) is 20.3 Å². The second-order valence-electron chi connectivity index (χ2n) is 12.5. The molecular formula is C36H28Cl2N2O4. The molecule has 4 aliphatic carbocycles. The molecule has 9 rings (SSSR count). The third kappa shape index (κ3) is 3.55. The Balaban J connectivity index is 1.30. The number of nitrogens with zero attached hydrogens (tertiary/aromatic N) is 2. The van der Waals surface area contributed by atoms with Gasteiger partial charge in [0.05, 0.1) is 35.0 Å². The van der Waals surface area contributed by atoms with Crippen LogP contribution in [0.4, 0.5) is 11.4 Å². The molecule has 3 aromatic carbocycles. The van der Waals surface area contributed by atoms with Crippen LogP contribution in [0.2, 0.25) is 10.0 Å². The van der Waals surface area contributed by atoms with Crippen molar-refractivity contribution in [2.75, 3.05) is 9.80 Å². The van der Waals surface area contributed by atoms with E-state index in [0.29, 0.717) is 39.0 Å². The molecule has 6 nitrogen and oxygen atoms in total. The van der Waals surface area contributed by atoms with Gasteiger partial charge in [0.25, 0.3) is 0 Å². The molecular weight excluding hydrogens is 595 g/mol. The molecule has 3 aromatic rings. The minimum atomic E-state index is -0.647. The maximum atomic E-state index is 14.4. The number of allylic oxidation sites excluding steroid dienone is 4. The van der Waals surface area contributed by atoms with Crippen LogP contribution in [0.3, 0.4) is 0 Å². The monoisotopic (exact) mass is 622 g/mol. The number of hydrogen-bond donors (Lipinski definition) is 0. The van der Waals surface area contributed by atoms with Crippen LogP contribution in [0.5, 0.6) is 0 Å². The fourth-order valence-electron chi connectivity index (χ4n) is 8.67. The highest BCUT2D eigenvalue weighted by atomic mass is 35.5. The molecule has 2 bridgehead atoms. The third-order valence-electron chi connectivity index (χ3n) is 10.6. The topological polar surface area (TPSA) is 74.8 Å². The highest BCUT2D eigenvalue weighted by Gasteiger charge is 2.67. The molecule has 0 spiro atoms. The SMILES string of the molecule is Cc1c(Cl)cccc1N1C(=O)[C@H]2[C@@H]3C=C[C@@H](C4=C(c5ccccc5)C[C@H]5C(=O)N(c6cccc(Cl)c6C)C(=O)[C@H]5[C@H]43)[C@H]2C1=O. The van der Waals surface area contributed by atoms with Crippen LogP contribution in [0, 0.1) is 55.3 Å². The quantitative estimate of drug-likeness (QED) is 0.237. The number of halogens is 2. The molecule has 7 atom stereocenters. The van der Waals surface area contributed by atoms with Gasteiger partial charge in [0.15, 0.2) is 0 Å². The lowest BCUT2D eigenvalue weighted by molar-refractivity contribution is -0.129. The molecule has 44 heavy (non-hydrogen) atoms. The lowest BCUT2D eigenvalue weighted by Crippen LogP contribution is -2.51. The Morgan fingerprint density at radius 2 is 1.18 bits per heavy atom. The van der Waals surface area contributed by atoms with E-state index in [-0.39, 0.29) is 29.5 Å². The zero-order chi connectivity index (χ0) is 30.6. The summed E-state index contributed by atoms with van der Waals surface area (Å²) in [6.45, 7) is 3.62. The summed E-state index contributed by atoms with van der Waals surface area (Å²) in [5.41, 5.74) is 5.31. The third-order valence-corrected chi connectivity index (χ3v) is 11.4. The van der Waals surface area contributed by atoms with Crippen LogP contribution in [0.25, 0.3) is 5.57 Å². The van der Waals surface area contributed by atoms with E-state index in [9.17, 15) is 19.2 Å². The van der Waals surface area contributed by atoms with Crippen molar-refractivity contribution >= 4 is 63.8 Å². The number of hydrogen-bond acceptors (Lipinski definition) is 4. The Labute approximate surface area is 264 Å². The summed E-state index contributed by atoms with van der Waals surface area (Å²) >= 11 is 12.9. The predicted molar refractivity (Wildman–Crippen MR) is 169 cm³/mol. The van der Waals surface area contributed by atoms with Gasteiger partial charge in [0, 0.05) is 21.9 Å². The first kappa shape index (κ1) is 27.5. The van der Waals surface area contributed by atoms with Crippen molar-refractivity contribution in [3.63, 3.8) is 0 Å². The van der Waals surface area contributed by atoms with Crippen molar-refractivity contribution in [1.29, 1.82) is 0 Å². The van der Waals surface area contributed by atoms with Gasteiger partial charge >= 0.3 is 0 Å². The Hall–Kier alpha value is -4.00. The van der Waals surface area contributed by atoms with Crippen LogP contribution in [-0.2, 0) is 19.2 Å². The van der Waals surface area contributed by atoms with E-state index in [1.54, 1.807) is 36.4 Å². The molecule has 0 unspecified atom stereocenters. The summed E-state index contributed by atoms with van der Waals surface area (Å²) in [6.07, 6.45) is 4.46. The first-order valence-corrected chi connectivity index (χ1v) is 15.7. The van der Waals surface area contributed by atoms with E-state index in [2.05, 4.69) is 6.08 Å². The molecule has 6 aliphatic rings. The normalized spacial score (nSPS) is 30.3. The van der Waals surface area contributed by atoms with Gasteiger partial charge in [0.1, 0.15) is 0 Å². The molecule has 0 N–H and O–H groups in total. The fourth-order valence-corrected chi connectivity index (χ4v) is 9.01. The number of anilines is 2. The molecule has 2 heterocycles. The second-order valence-corrected chi connectivity index (χ2v) is 13.3. The number of imide groups is 2. The van der Waals surface area contributed by atoms with Gasteiger partial charge in [-0.25, -0.2) is 9.80 Å². The number of amides is 4. The van der Waals surface area contributed by atoms with Gasteiger partial charge in [-0.15, -0.1) is 0 Å². The van der Waals surface area contributed by atoms with E-state index in [1.807, 2.05) is 50.3 Å². The molecule has 4 amide bonds. The number of rotatable bonds is 3. The van der Waals surface area contributed by atoms with Crippen LogP contribution in [0.1, 0.15) is 23.1 Å². The Kier molecular flexibility index (Phi) is 6.10. The highest BCUT2D eigenvalue weighted by molar-refractivity contribution is 6.33. The van der Waals surface area contributed by atoms with Crippen molar-refractivity contribution in [3.8, 4) is 0 Å². The van der Waals surface area contributed by atoms with Crippen molar-refractivity contribution in [2.24, 2.45) is 41.4 Å². The summed E-state index contributed by atoms with van der Waals surface area (Å²) in [6, 6.07) is 20.4. The van der Waals surface area contributed by atoms with E-state index >= 15 is 0 Å². The molecule has 3 fully saturated rings. The molecule has 220 valence electrons. The molecule has 2 saturated heterocycles.